The lowest BCUT2D eigenvalue weighted by atomic mass is 9.97. The highest BCUT2D eigenvalue weighted by Crippen LogP contribution is 2.37. The average molecular weight is 355 g/mol. The molecule has 0 aliphatic rings. The molecule has 0 aliphatic heterocycles. The second-order valence-corrected chi connectivity index (χ2v) is 6.04. The molecule has 0 amide bonds. The molecule has 1 atom stereocenters. The number of aromatic nitrogens is 1. The van der Waals surface area contributed by atoms with Gasteiger partial charge >= 0.3 is 5.97 Å². The summed E-state index contributed by atoms with van der Waals surface area (Å²) in [5, 5.41) is 9.55. The van der Waals surface area contributed by atoms with Crippen LogP contribution in [0.3, 0.4) is 0 Å². The number of hydrogen-bond acceptors (Lipinski definition) is 3. The first-order valence-corrected chi connectivity index (χ1v) is 8.08. The van der Waals surface area contributed by atoms with Crippen LogP contribution in [0.25, 0.3) is 10.9 Å². The Morgan fingerprint density at radius 3 is 2.38 bits per heavy atom. The molecular weight excluding hydrogens is 337 g/mol. The van der Waals surface area contributed by atoms with Gasteiger partial charge in [-0.05, 0) is 43.7 Å². The van der Waals surface area contributed by atoms with Crippen LogP contribution in [-0.2, 0) is 4.79 Å². The summed E-state index contributed by atoms with van der Waals surface area (Å²) >= 11 is 0. The van der Waals surface area contributed by atoms with Gasteiger partial charge in [-0.25, -0.2) is 4.39 Å². The van der Waals surface area contributed by atoms with Crippen molar-refractivity contribution >= 4 is 22.8 Å². The molecule has 3 aromatic rings. The topological polar surface area (TPSA) is 68.5 Å². The van der Waals surface area contributed by atoms with E-state index in [1.807, 2.05) is 0 Å². The van der Waals surface area contributed by atoms with Crippen LogP contribution >= 0.6 is 0 Å². The van der Waals surface area contributed by atoms with Gasteiger partial charge in [0.05, 0.1) is 18.5 Å². The van der Waals surface area contributed by atoms with Crippen LogP contribution < -0.4 is 4.74 Å². The number of carbonyl (C=O) groups is 2. The number of halogens is 1. The smallest absolute Gasteiger partial charge is 0.310 e. The molecule has 0 radical (unpaired) electrons. The van der Waals surface area contributed by atoms with E-state index in [4.69, 9.17) is 4.74 Å². The SMILES string of the molecule is COc1ccc2c(c1F)c(C(C)C(=O)O)c(C)n2C(=O)c1ccccc1. The second-order valence-electron chi connectivity index (χ2n) is 6.04. The van der Waals surface area contributed by atoms with E-state index in [0.717, 1.165) is 0 Å². The highest BCUT2D eigenvalue weighted by atomic mass is 19.1. The molecule has 1 heterocycles. The van der Waals surface area contributed by atoms with Crippen LogP contribution in [0.2, 0.25) is 0 Å². The van der Waals surface area contributed by atoms with E-state index in [1.165, 1.54) is 24.7 Å². The van der Waals surface area contributed by atoms with Crippen molar-refractivity contribution in [2.75, 3.05) is 7.11 Å². The number of benzene rings is 2. The zero-order valence-electron chi connectivity index (χ0n) is 14.6. The van der Waals surface area contributed by atoms with E-state index in [2.05, 4.69) is 0 Å². The minimum atomic E-state index is -1.10. The van der Waals surface area contributed by atoms with Gasteiger partial charge in [0.1, 0.15) is 0 Å². The first-order valence-electron chi connectivity index (χ1n) is 8.08. The molecule has 26 heavy (non-hydrogen) atoms. The van der Waals surface area contributed by atoms with Crippen molar-refractivity contribution < 1.29 is 23.8 Å². The van der Waals surface area contributed by atoms with Crippen molar-refractivity contribution in [1.82, 2.24) is 4.57 Å². The Hall–Kier alpha value is -3.15. The Morgan fingerprint density at radius 1 is 1.15 bits per heavy atom. The number of carboxylic acid groups (broad SMARTS) is 1. The fourth-order valence-electron chi connectivity index (χ4n) is 3.25. The Labute approximate surface area is 149 Å². The van der Waals surface area contributed by atoms with Crippen LogP contribution in [0.15, 0.2) is 42.5 Å². The maximum Gasteiger partial charge on any atom is 0.310 e. The molecule has 6 heteroatoms. The lowest BCUT2D eigenvalue weighted by Gasteiger charge is -2.09. The summed E-state index contributed by atoms with van der Waals surface area (Å²) in [6.45, 7) is 3.10. The summed E-state index contributed by atoms with van der Waals surface area (Å²) in [5.41, 5.74) is 1.42. The number of hydrogen-bond donors (Lipinski definition) is 1. The standard InChI is InChI=1S/C20H18FNO4/c1-11(20(24)25)16-12(2)22(19(23)13-7-5-4-6-8-13)14-9-10-15(26-3)18(21)17(14)16/h4-11H,1-3H3,(H,24,25). The molecular formula is C20H18FNO4. The molecule has 2 aromatic carbocycles. The van der Waals surface area contributed by atoms with Crippen molar-refractivity contribution in [3.63, 3.8) is 0 Å². The number of carbonyl (C=O) groups excluding carboxylic acids is 1. The van der Waals surface area contributed by atoms with Crippen molar-refractivity contribution in [1.29, 1.82) is 0 Å². The Balaban J connectivity index is 2.38. The summed E-state index contributed by atoms with van der Waals surface area (Å²) in [7, 11) is 1.34. The molecule has 0 spiro atoms. The van der Waals surface area contributed by atoms with E-state index < -0.39 is 17.7 Å². The van der Waals surface area contributed by atoms with Crippen molar-refractivity contribution in [3.05, 3.63) is 65.1 Å². The van der Waals surface area contributed by atoms with E-state index >= 15 is 0 Å². The summed E-state index contributed by atoms with van der Waals surface area (Å²) < 4.78 is 21.4. The zero-order valence-corrected chi connectivity index (χ0v) is 14.6. The minimum absolute atomic E-state index is 0.000601. The van der Waals surface area contributed by atoms with Gasteiger partial charge in [-0.2, -0.15) is 0 Å². The van der Waals surface area contributed by atoms with Crippen LogP contribution in [0.1, 0.15) is 34.5 Å². The lowest BCUT2D eigenvalue weighted by Crippen LogP contribution is -2.15. The second kappa shape index (κ2) is 6.63. The fourth-order valence-corrected chi connectivity index (χ4v) is 3.25. The van der Waals surface area contributed by atoms with Crippen molar-refractivity contribution in [2.24, 2.45) is 0 Å². The van der Waals surface area contributed by atoms with Gasteiger partial charge in [-0.15, -0.1) is 0 Å². The number of fused-ring (bicyclic) bond motifs is 1. The largest absolute Gasteiger partial charge is 0.494 e. The molecule has 5 nitrogen and oxygen atoms in total. The van der Waals surface area contributed by atoms with E-state index in [1.54, 1.807) is 43.3 Å². The summed E-state index contributed by atoms with van der Waals surface area (Å²) in [6, 6.07) is 11.6. The van der Waals surface area contributed by atoms with Crippen molar-refractivity contribution in [2.45, 2.75) is 19.8 Å². The molecule has 134 valence electrons. The Bertz CT molecular complexity index is 1010. The number of aliphatic carboxylic acids is 1. The van der Waals surface area contributed by atoms with E-state index in [0.29, 0.717) is 16.8 Å². The van der Waals surface area contributed by atoms with Gasteiger partial charge in [0.25, 0.3) is 5.91 Å². The number of ether oxygens (including phenoxy) is 1. The zero-order chi connectivity index (χ0) is 19.0. The average Bonchev–Trinajstić information content (AvgIpc) is 2.94. The molecule has 0 aliphatic carbocycles. The summed E-state index contributed by atoms with van der Waals surface area (Å²) in [4.78, 5) is 24.6. The summed E-state index contributed by atoms with van der Waals surface area (Å²) in [6.07, 6.45) is 0. The molecule has 1 unspecified atom stereocenters. The van der Waals surface area contributed by atoms with Crippen LogP contribution in [0.5, 0.6) is 5.75 Å². The maximum atomic E-state index is 15.0. The highest BCUT2D eigenvalue weighted by Gasteiger charge is 2.29. The van der Waals surface area contributed by atoms with Gasteiger partial charge in [0.2, 0.25) is 0 Å². The third-order valence-corrected chi connectivity index (χ3v) is 4.57. The van der Waals surface area contributed by atoms with Gasteiger partial charge in [-0.3, -0.25) is 14.2 Å². The van der Waals surface area contributed by atoms with Gasteiger partial charge in [0, 0.05) is 16.6 Å². The quantitative estimate of drug-likeness (QED) is 0.769. The van der Waals surface area contributed by atoms with Crippen LogP contribution in [0, 0.1) is 12.7 Å². The Morgan fingerprint density at radius 2 is 1.81 bits per heavy atom. The lowest BCUT2D eigenvalue weighted by molar-refractivity contribution is -0.138. The molecule has 1 aromatic heterocycles. The van der Waals surface area contributed by atoms with E-state index in [9.17, 15) is 19.1 Å². The molecule has 0 saturated heterocycles. The third kappa shape index (κ3) is 2.63. The first-order chi connectivity index (χ1) is 12.4. The van der Waals surface area contributed by atoms with Gasteiger partial charge in [-0.1, -0.05) is 18.2 Å². The van der Waals surface area contributed by atoms with Gasteiger partial charge < -0.3 is 9.84 Å². The van der Waals surface area contributed by atoms with E-state index in [-0.39, 0.29) is 22.6 Å². The predicted molar refractivity (Wildman–Crippen MR) is 95.4 cm³/mol. The van der Waals surface area contributed by atoms with Crippen LogP contribution in [0.4, 0.5) is 4.39 Å². The Kier molecular flexibility index (Phi) is 4.50. The van der Waals surface area contributed by atoms with Crippen molar-refractivity contribution in [3.8, 4) is 5.75 Å². The third-order valence-electron chi connectivity index (χ3n) is 4.57. The molecule has 0 fully saturated rings. The first kappa shape index (κ1) is 17.7. The normalized spacial score (nSPS) is 12.2. The number of nitrogens with zero attached hydrogens (tertiary/aromatic N) is 1. The predicted octanol–water partition coefficient (Wildman–Crippen LogP) is 3.97. The monoisotopic (exact) mass is 355 g/mol. The number of rotatable bonds is 4. The molecule has 0 bridgehead atoms. The number of methoxy groups -OCH3 is 1. The van der Waals surface area contributed by atoms with Gasteiger partial charge in [0.15, 0.2) is 11.6 Å². The minimum Gasteiger partial charge on any atom is -0.494 e. The number of carboxylic acids is 1. The summed E-state index contributed by atoms with van der Waals surface area (Å²) in [5.74, 6) is -3.09. The fraction of sp³-hybridized carbons (Fsp3) is 0.200. The molecule has 1 N–H and O–H groups in total. The van der Waals surface area contributed by atoms with Crippen LogP contribution in [-0.4, -0.2) is 28.7 Å². The molecule has 3 rings (SSSR count). The highest BCUT2D eigenvalue weighted by molar-refractivity contribution is 6.05. The molecule has 0 saturated carbocycles. The maximum absolute atomic E-state index is 15.0.